The molecule has 0 saturated carbocycles. The van der Waals surface area contributed by atoms with Crippen molar-refractivity contribution in [2.75, 3.05) is 13.7 Å². The van der Waals surface area contributed by atoms with Crippen molar-refractivity contribution in [3.8, 4) is 5.75 Å². The topological polar surface area (TPSA) is 21.3 Å². The molecule has 1 N–H and O–H groups in total. The molecule has 0 fully saturated rings. The smallest absolute Gasteiger partial charge is 0.137 e. The zero-order valence-electron chi connectivity index (χ0n) is 9.51. The Labute approximate surface area is 96.6 Å². The van der Waals surface area contributed by atoms with Crippen LogP contribution < -0.4 is 10.1 Å². The third-order valence-electron chi connectivity index (χ3n) is 2.44. The van der Waals surface area contributed by atoms with Crippen molar-refractivity contribution in [3.05, 3.63) is 28.8 Å². The maximum Gasteiger partial charge on any atom is 0.137 e. The third kappa shape index (κ3) is 3.11. The van der Waals surface area contributed by atoms with Gasteiger partial charge in [-0.15, -0.1) is 0 Å². The summed E-state index contributed by atoms with van der Waals surface area (Å²) in [4.78, 5) is 0. The average molecular weight is 228 g/mol. The fourth-order valence-electron chi connectivity index (χ4n) is 1.64. The number of hydrogen-bond acceptors (Lipinski definition) is 2. The molecule has 1 aromatic rings. The number of hydrogen-bond donors (Lipinski definition) is 1. The molecule has 1 aromatic carbocycles. The minimum absolute atomic E-state index is 0.374. The van der Waals surface area contributed by atoms with Gasteiger partial charge in [0.25, 0.3) is 0 Å². The van der Waals surface area contributed by atoms with Crippen LogP contribution in [0.2, 0.25) is 5.02 Å². The number of benzene rings is 1. The predicted octanol–water partition coefficient (Wildman–Crippen LogP) is 3.41. The van der Waals surface area contributed by atoms with E-state index in [0.29, 0.717) is 11.1 Å². The molecule has 1 rings (SSSR count). The van der Waals surface area contributed by atoms with Crippen LogP contribution in [0.4, 0.5) is 0 Å². The molecule has 0 amide bonds. The molecule has 1 atom stereocenters. The standard InChI is InChI=1S/C12H18ClNO/c1-4-11(14-5-2)9-6-7-12(15-3)10(13)8-9/h6-8,11,14H,4-5H2,1-3H3. The number of ether oxygens (including phenoxy) is 1. The molecule has 0 aliphatic heterocycles. The van der Waals surface area contributed by atoms with Crippen LogP contribution in [0.1, 0.15) is 31.9 Å². The highest BCUT2D eigenvalue weighted by molar-refractivity contribution is 6.32. The van der Waals surface area contributed by atoms with E-state index in [-0.39, 0.29) is 0 Å². The molecular weight excluding hydrogens is 210 g/mol. The van der Waals surface area contributed by atoms with Gasteiger partial charge in [-0.05, 0) is 30.7 Å². The Hall–Kier alpha value is -0.730. The van der Waals surface area contributed by atoms with Crippen LogP contribution in [-0.4, -0.2) is 13.7 Å². The van der Waals surface area contributed by atoms with E-state index in [1.165, 1.54) is 5.56 Å². The average Bonchev–Trinajstić information content (AvgIpc) is 2.25. The maximum atomic E-state index is 6.08. The van der Waals surface area contributed by atoms with Crippen molar-refractivity contribution < 1.29 is 4.74 Å². The van der Waals surface area contributed by atoms with Crippen molar-refractivity contribution in [2.45, 2.75) is 26.3 Å². The highest BCUT2D eigenvalue weighted by atomic mass is 35.5. The summed E-state index contributed by atoms with van der Waals surface area (Å²) in [5.74, 6) is 0.728. The lowest BCUT2D eigenvalue weighted by atomic mass is 10.0. The Morgan fingerprint density at radius 1 is 1.40 bits per heavy atom. The minimum atomic E-state index is 0.374. The van der Waals surface area contributed by atoms with E-state index in [1.807, 2.05) is 12.1 Å². The summed E-state index contributed by atoms with van der Waals surface area (Å²) >= 11 is 6.08. The molecule has 0 bridgehead atoms. The van der Waals surface area contributed by atoms with E-state index >= 15 is 0 Å². The van der Waals surface area contributed by atoms with E-state index in [0.717, 1.165) is 18.7 Å². The summed E-state index contributed by atoms with van der Waals surface area (Å²) in [5, 5.41) is 4.09. The van der Waals surface area contributed by atoms with Crippen LogP contribution in [0.25, 0.3) is 0 Å². The van der Waals surface area contributed by atoms with Crippen LogP contribution in [0, 0.1) is 0 Å². The van der Waals surface area contributed by atoms with Gasteiger partial charge in [0.05, 0.1) is 12.1 Å². The van der Waals surface area contributed by atoms with Gasteiger partial charge in [0.2, 0.25) is 0 Å². The van der Waals surface area contributed by atoms with Crippen LogP contribution in [0.5, 0.6) is 5.75 Å². The minimum Gasteiger partial charge on any atom is -0.495 e. The highest BCUT2D eigenvalue weighted by Gasteiger charge is 2.09. The fourth-order valence-corrected chi connectivity index (χ4v) is 1.91. The van der Waals surface area contributed by atoms with Crippen molar-refractivity contribution in [3.63, 3.8) is 0 Å². The summed E-state index contributed by atoms with van der Waals surface area (Å²) in [6, 6.07) is 6.31. The van der Waals surface area contributed by atoms with Gasteiger partial charge in [0.15, 0.2) is 0 Å². The van der Waals surface area contributed by atoms with Gasteiger partial charge in [0, 0.05) is 6.04 Å². The number of methoxy groups -OCH3 is 1. The molecule has 0 spiro atoms. The second-order valence-electron chi connectivity index (χ2n) is 3.41. The van der Waals surface area contributed by atoms with Crippen LogP contribution in [0.15, 0.2) is 18.2 Å². The van der Waals surface area contributed by atoms with Gasteiger partial charge in [-0.1, -0.05) is 31.5 Å². The van der Waals surface area contributed by atoms with Gasteiger partial charge >= 0.3 is 0 Å². The second kappa shape index (κ2) is 5.99. The zero-order chi connectivity index (χ0) is 11.3. The molecule has 3 heteroatoms. The molecule has 0 heterocycles. The van der Waals surface area contributed by atoms with Crippen molar-refractivity contribution in [1.82, 2.24) is 5.32 Å². The monoisotopic (exact) mass is 227 g/mol. The zero-order valence-corrected chi connectivity index (χ0v) is 10.3. The summed E-state index contributed by atoms with van der Waals surface area (Å²) in [6.07, 6.45) is 1.05. The van der Waals surface area contributed by atoms with Crippen molar-refractivity contribution in [2.24, 2.45) is 0 Å². The molecule has 0 aliphatic carbocycles. The van der Waals surface area contributed by atoms with Crippen molar-refractivity contribution in [1.29, 1.82) is 0 Å². The maximum absolute atomic E-state index is 6.08. The first-order valence-corrected chi connectivity index (χ1v) is 5.67. The second-order valence-corrected chi connectivity index (χ2v) is 3.82. The quantitative estimate of drug-likeness (QED) is 0.833. The molecule has 15 heavy (non-hydrogen) atoms. The summed E-state index contributed by atoms with van der Waals surface area (Å²) < 4.78 is 5.12. The van der Waals surface area contributed by atoms with Gasteiger partial charge in [-0.3, -0.25) is 0 Å². The number of halogens is 1. The van der Waals surface area contributed by atoms with Gasteiger partial charge in [-0.2, -0.15) is 0 Å². The van der Waals surface area contributed by atoms with Crippen LogP contribution >= 0.6 is 11.6 Å². The fraction of sp³-hybridized carbons (Fsp3) is 0.500. The van der Waals surface area contributed by atoms with Gasteiger partial charge < -0.3 is 10.1 Å². The predicted molar refractivity (Wildman–Crippen MR) is 64.7 cm³/mol. The first kappa shape index (κ1) is 12.3. The van der Waals surface area contributed by atoms with E-state index in [1.54, 1.807) is 7.11 Å². The lowest BCUT2D eigenvalue weighted by Crippen LogP contribution is -2.19. The molecule has 0 saturated heterocycles. The Morgan fingerprint density at radius 3 is 2.60 bits per heavy atom. The van der Waals surface area contributed by atoms with Gasteiger partial charge in [0.1, 0.15) is 5.75 Å². The van der Waals surface area contributed by atoms with Crippen molar-refractivity contribution >= 4 is 11.6 Å². The molecule has 0 aliphatic rings. The molecule has 0 aromatic heterocycles. The number of nitrogens with one attached hydrogen (secondary N) is 1. The Balaban J connectivity index is 2.89. The third-order valence-corrected chi connectivity index (χ3v) is 2.73. The van der Waals surface area contributed by atoms with E-state index in [2.05, 4.69) is 25.2 Å². The first-order valence-electron chi connectivity index (χ1n) is 5.29. The van der Waals surface area contributed by atoms with E-state index in [4.69, 9.17) is 16.3 Å². The first-order chi connectivity index (χ1) is 7.22. The summed E-state index contributed by atoms with van der Waals surface area (Å²) in [5.41, 5.74) is 1.21. The summed E-state index contributed by atoms with van der Waals surface area (Å²) in [7, 11) is 1.63. The summed E-state index contributed by atoms with van der Waals surface area (Å²) in [6.45, 7) is 5.22. The molecule has 2 nitrogen and oxygen atoms in total. The van der Waals surface area contributed by atoms with Gasteiger partial charge in [-0.25, -0.2) is 0 Å². The lowest BCUT2D eigenvalue weighted by molar-refractivity contribution is 0.414. The Bertz CT molecular complexity index is 314. The normalized spacial score (nSPS) is 12.5. The largest absolute Gasteiger partial charge is 0.495 e. The molecule has 84 valence electrons. The van der Waals surface area contributed by atoms with E-state index in [9.17, 15) is 0 Å². The molecule has 1 unspecified atom stereocenters. The Morgan fingerprint density at radius 2 is 2.13 bits per heavy atom. The number of rotatable bonds is 5. The highest BCUT2D eigenvalue weighted by Crippen LogP contribution is 2.28. The molecular formula is C12H18ClNO. The van der Waals surface area contributed by atoms with Crippen LogP contribution in [0.3, 0.4) is 0 Å². The van der Waals surface area contributed by atoms with Crippen LogP contribution in [-0.2, 0) is 0 Å². The molecule has 0 radical (unpaired) electrons. The SMILES string of the molecule is CCNC(CC)c1ccc(OC)c(Cl)c1. The van der Waals surface area contributed by atoms with E-state index < -0.39 is 0 Å². The Kier molecular flexibility index (Phi) is 4.92. The lowest BCUT2D eigenvalue weighted by Gasteiger charge is -2.17.